The molecular formula is C116H73N5. The number of fused-ring (bicyclic) bond motifs is 23. The topological polar surface area (TPSA) is 54.8 Å². The normalized spacial score (nSPS) is 13.1. The summed E-state index contributed by atoms with van der Waals surface area (Å²) < 4.78 is 0. The Labute approximate surface area is 701 Å². The van der Waals surface area contributed by atoms with Crippen molar-refractivity contribution in [3.05, 3.63) is 488 Å². The lowest BCUT2D eigenvalue weighted by atomic mass is 9.64. The van der Waals surface area contributed by atoms with Gasteiger partial charge in [-0.15, -0.1) is 0 Å². The van der Waals surface area contributed by atoms with Crippen LogP contribution in [0.3, 0.4) is 0 Å². The van der Waals surface area contributed by atoms with E-state index in [-0.39, 0.29) is 5.41 Å². The Morgan fingerprint density at radius 3 is 0.942 bits per heavy atom. The van der Waals surface area contributed by atoms with Crippen molar-refractivity contribution in [1.82, 2.24) is 19.9 Å². The number of hydrogen-bond acceptors (Lipinski definition) is 5. The number of para-hydroxylation sites is 3. The molecule has 21 aromatic rings. The van der Waals surface area contributed by atoms with Crippen molar-refractivity contribution in [3.8, 4) is 123 Å². The quantitative estimate of drug-likeness (QED) is 0.135. The summed E-state index contributed by atoms with van der Waals surface area (Å²) in [4.78, 5) is 21.7. The molecule has 0 atom stereocenters. The molecular weight excluding hydrogens is 1460 g/mol. The molecule has 0 unspecified atom stereocenters. The molecule has 0 amide bonds. The Morgan fingerprint density at radius 2 is 0.504 bits per heavy atom. The van der Waals surface area contributed by atoms with Crippen molar-refractivity contribution in [2.75, 3.05) is 4.90 Å². The predicted molar refractivity (Wildman–Crippen MR) is 499 cm³/mol. The second-order valence-electron chi connectivity index (χ2n) is 32.1. The Kier molecular flexibility index (Phi) is 16.1. The van der Waals surface area contributed by atoms with Crippen molar-refractivity contribution in [2.45, 2.75) is 10.8 Å². The maximum atomic E-state index is 5.27. The molecule has 5 heteroatoms. The first kappa shape index (κ1) is 69.5. The third-order valence-corrected chi connectivity index (χ3v) is 26.1. The van der Waals surface area contributed by atoms with Crippen LogP contribution in [0.4, 0.5) is 17.1 Å². The van der Waals surface area contributed by atoms with Gasteiger partial charge in [-0.3, -0.25) is 19.9 Å². The van der Waals surface area contributed by atoms with Gasteiger partial charge in [-0.1, -0.05) is 322 Å². The summed E-state index contributed by atoms with van der Waals surface area (Å²) >= 11 is 0. The minimum absolute atomic E-state index is 0.387. The Balaban J connectivity index is 0.000000138. The van der Waals surface area contributed by atoms with Gasteiger partial charge in [-0.2, -0.15) is 0 Å². The Bertz CT molecular complexity index is 7630. The summed E-state index contributed by atoms with van der Waals surface area (Å²) in [6.45, 7) is 0. The zero-order chi connectivity index (χ0) is 79.7. The van der Waals surface area contributed by atoms with E-state index >= 15 is 0 Å². The van der Waals surface area contributed by atoms with E-state index in [2.05, 4.69) is 434 Å². The van der Waals surface area contributed by atoms with Gasteiger partial charge in [-0.05, 0) is 262 Å². The highest BCUT2D eigenvalue weighted by Gasteiger charge is 2.53. The predicted octanol–water partition coefficient (Wildman–Crippen LogP) is 29.4. The standard InChI is InChI=1S/C61H39N3.C55H34N2/c1-3-15-40(16-4-1)42-27-30-49-51(37-42)59(41-33-35-62-36-34-41)47-20-7-8-21-48(47)60(49)44-29-32-56(63-39-44)43-28-31-53-50(38-43)46-19-9-10-22-52(46)61(53)54-23-11-13-25-57(54)64(45-17-5-2-6-18-45)58-26-14-12-24-55(58)61;1-2-12-35(13-3-1)37-22-26-46-47(32-37)53(36-28-30-56-31-29-36)44-17-4-5-18-45(44)54(46)39-24-27-52(57-34-39)38-23-25-43-42-16-8-11-21-50(42)55(51(43)33-38)48-19-9-6-14-40(48)41-15-7-10-20-49(41)55/h1-39H;1-34H. The van der Waals surface area contributed by atoms with E-state index in [4.69, 9.17) is 9.97 Å². The third kappa shape index (κ3) is 10.6. The van der Waals surface area contributed by atoms with Crippen molar-refractivity contribution in [2.24, 2.45) is 0 Å². The van der Waals surface area contributed by atoms with E-state index in [0.717, 1.165) is 50.5 Å². The van der Waals surface area contributed by atoms with Crippen LogP contribution < -0.4 is 4.90 Å². The first-order valence-electron chi connectivity index (χ1n) is 41.6. The molecule has 5 nitrogen and oxygen atoms in total. The van der Waals surface area contributed by atoms with Gasteiger partial charge in [0.15, 0.2) is 0 Å². The molecule has 562 valence electrons. The molecule has 4 aliphatic rings. The molecule has 0 bridgehead atoms. The first-order chi connectivity index (χ1) is 60.1. The van der Waals surface area contributed by atoms with E-state index in [0.29, 0.717) is 0 Å². The van der Waals surface area contributed by atoms with Crippen LogP contribution in [0.25, 0.3) is 166 Å². The fourth-order valence-corrected chi connectivity index (χ4v) is 21.1. The summed E-state index contributed by atoms with van der Waals surface area (Å²) in [6.07, 6.45) is 11.7. The van der Waals surface area contributed by atoms with Crippen molar-refractivity contribution < 1.29 is 0 Å². The second kappa shape index (κ2) is 28.0. The van der Waals surface area contributed by atoms with Gasteiger partial charge < -0.3 is 4.90 Å². The van der Waals surface area contributed by atoms with Crippen LogP contribution >= 0.6 is 0 Å². The van der Waals surface area contributed by atoms with Gasteiger partial charge in [-0.25, -0.2) is 0 Å². The van der Waals surface area contributed by atoms with Crippen LogP contribution in [0.2, 0.25) is 0 Å². The average Bonchev–Trinajstić information content (AvgIpc) is 1.55. The van der Waals surface area contributed by atoms with E-state index < -0.39 is 5.41 Å². The van der Waals surface area contributed by atoms with E-state index in [1.165, 1.54) is 177 Å². The minimum atomic E-state index is -0.495. The summed E-state index contributed by atoms with van der Waals surface area (Å²) in [5.41, 5.74) is 39.1. The zero-order valence-electron chi connectivity index (χ0n) is 65.9. The van der Waals surface area contributed by atoms with Crippen LogP contribution in [0.5, 0.6) is 0 Å². The molecule has 0 saturated carbocycles. The number of anilines is 3. The molecule has 2 spiro atoms. The van der Waals surface area contributed by atoms with Gasteiger partial charge in [0.05, 0.1) is 33.6 Å². The minimum Gasteiger partial charge on any atom is -0.310 e. The largest absolute Gasteiger partial charge is 0.310 e. The number of nitrogens with zero attached hydrogens (tertiary/aromatic N) is 5. The molecule has 5 heterocycles. The molecule has 1 aliphatic heterocycles. The van der Waals surface area contributed by atoms with Crippen LogP contribution in [0.15, 0.2) is 444 Å². The summed E-state index contributed by atoms with van der Waals surface area (Å²) in [5.74, 6) is 0. The second-order valence-corrected chi connectivity index (χ2v) is 32.1. The van der Waals surface area contributed by atoms with Crippen molar-refractivity contribution >= 4 is 60.2 Å². The lowest BCUT2D eigenvalue weighted by molar-refractivity contribution is 0.752. The SMILES string of the molecule is c1ccc(-c2ccc3c(-c4ccc(-c5ccc6c(c5)-c5ccccc5C65c6ccccc6N(c6ccccc6)c6ccccc65)nc4)c4ccccc4c(-c4ccncc4)c3c2)cc1.c1ccc(-c2ccc3c(-c4ccc(-c5ccc6c(c5)C5(c7ccccc7-c7ccccc75)c5ccccc5-6)nc4)c4ccccc4c(-c4ccncc4)c3c2)cc1. The van der Waals surface area contributed by atoms with Gasteiger partial charge in [0.2, 0.25) is 0 Å². The van der Waals surface area contributed by atoms with Crippen LogP contribution in [0, 0.1) is 0 Å². The number of aromatic nitrogens is 4. The molecule has 0 N–H and O–H groups in total. The maximum absolute atomic E-state index is 5.27. The molecule has 0 saturated heterocycles. The molecule has 17 aromatic carbocycles. The van der Waals surface area contributed by atoms with Crippen molar-refractivity contribution in [3.63, 3.8) is 0 Å². The van der Waals surface area contributed by atoms with Gasteiger partial charge >= 0.3 is 0 Å². The summed E-state index contributed by atoms with van der Waals surface area (Å²) in [5, 5.41) is 9.62. The molecule has 4 aromatic heterocycles. The van der Waals surface area contributed by atoms with E-state index in [9.17, 15) is 0 Å². The average molecular weight is 1540 g/mol. The number of rotatable bonds is 9. The fourth-order valence-electron chi connectivity index (χ4n) is 21.1. The van der Waals surface area contributed by atoms with Crippen LogP contribution in [-0.2, 0) is 10.8 Å². The lowest BCUT2D eigenvalue weighted by Crippen LogP contribution is -2.36. The van der Waals surface area contributed by atoms with Crippen LogP contribution in [-0.4, -0.2) is 19.9 Å². The monoisotopic (exact) mass is 1540 g/mol. The molecule has 3 aliphatic carbocycles. The summed E-state index contributed by atoms with van der Waals surface area (Å²) in [7, 11) is 0. The highest BCUT2D eigenvalue weighted by atomic mass is 15.2. The van der Waals surface area contributed by atoms with Gasteiger partial charge in [0.25, 0.3) is 0 Å². The van der Waals surface area contributed by atoms with Crippen molar-refractivity contribution in [1.29, 1.82) is 0 Å². The van der Waals surface area contributed by atoms with E-state index in [1.807, 2.05) is 24.8 Å². The first-order valence-corrected chi connectivity index (χ1v) is 41.6. The molecule has 0 radical (unpaired) electrons. The zero-order valence-corrected chi connectivity index (χ0v) is 65.9. The highest BCUT2D eigenvalue weighted by Crippen LogP contribution is 2.66. The number of pyridine rings is 4. The van der Waals surface area contributed by atoms with Gasteiger partial charge in [0.1, 0.15) is 0 Å². The Morgan fingerprint density at radius 1 is 0.182 bits per heavy atom. The molecule has 25 rings (SSSR count). The number of hydrogen-bond donors (Lipinski definition) is 0. The smallest absolute Gasteiger partial charge is 0.0754 e. The Hall–Kier alpha value is -15.8. The van der Waals surface area contributed by atoms with Gasteiger partial charge in [0, 0.05) is 65.1 Å². The molecule has 0 fully saturated rings. The number of benzene rings is 17. The van der Waals surface area contributed by atoms with Crippen LogP contribution in [0.1, 0.15) is 44.5 Å². The van der Waals surface area contributed by atoms with E-state index in [1.54, 1.807) is 0 Å². The highest BCUT2D eigenvalue weighted by molar-refractivity contribution is 6.24. The third-order valence-electron chi connectivity index (χ3n) is 26.1. The molecule has 121 heavy (non-hydrogen) atoms. The fraction of sp³-hybridized carbons (Fsp3) is 0.0172. The maximum Gasteiger partial charge on any atom is 0.0754 e. The lowest BCUT2D eigenvalue weighted by Gasteiger charge is -2.45. The summed E-state index contributed by atoms with van der Waals surface area (Å²) in [6, 6.07) is 149.